The first-order valence-electron chi connectivity index (χ1n) is 6.23. The van der Waals surface area contributed by atoms with Gasteiger partial charge in [-0.3, -0.25) is 9.10 Å². The van der Waals surface area contributed by atoms with E-state index in [4.69, 9.17) is 11.6 Å². The number of benzene rings is 1. The van der Waals surface area contributed by atoms with Crippen LogP contribution in [0.25, 0.3) is 0 Å². The van der Waals surface area contributed by atoms with Gasteiger partial charge in [0.05, 0.1) is 18.5 Å². The molecule has 0 saturated heterocycles. The first-order valence-corrected chi connectivity index (χ1v) is 8.45. The van der Waals surface area contributed by atoms with Crippen LogP contribution in [0.1, 0.15) is 13.8 Å². The molecule has 0 saturated carbocycles. The number of nitrogens with zero attached hydrogens (tertiary/aromatic N) is 1. The molecule has 0 atom stereocenters. The Morgan fingerprint density at radius 3 is 2.55 bits per heavy atom. The van der Waals surface area contributed by atoms with Gasteiger partial charge in [-0.2, -0.15) is 0 Å². The second-order valence-corrected chi connectivity index (χ2v) is 7.10. The van der Waals surface area contributed by atoms with Crippen LogP contribution >= 0.6 is 11.6 Å². The van der Waals surface area contributed by atoms with E-state index in [1.165, 1.54) is 4.31 Å². The lowest BCUT2D eigenvalue weighted by molar-refractivity contribution is -0.123. The Morgan fingerprint density at radius 1 is 1.40 bits per heavy atom. The van der Waals surface area contributed by atoms with Gasteiger partial charge in [-0.15, -0.1) is 0 Å². The zero-order chi connectivity index (χ0) is 15.3. The summed E-state index contributed by atoms with van der Waals surface area (Å²) in [5.74, 6) is -0.239. The van der Waals surface area contributed by atoms with E-state index in [1.54, 1.807) is 38.1 Å². The average molecular weight is 319 g/mol. The van der Waals surface area contributed by atoms with Crippen molar-refractivity contribution in [3.05, 3.63) is 29.3 Å². The van der Waals surface area contributed by atoms with Crippen molar-refractivity contribution < 1.29 is 13.2 Å². The molecular weight excluding hydrogens is 300 g/mol. The number of anilines is 1. The molecular formula is C13H19ClN2O3S. The largest absolute Gasteiger partial charge is 0.354 e. The predicted molar refractivity (Wildman–Crippen MR) is 81.5 cm³/mol. The van der Waals surface area contributed by atoms with Crippen LogP contribution in [0, 0.1) is 5.92 Å². The van der Waals surface area contributed by atoms with Crippen LogP contribution in [-0.2, 0) is 14.8 Å². The molecule has 0 bridgehead atoms. The minimum Gasteiger partial charge on any atom is -0.354 e. The molecule has 0 aliphatic rings. The van der Waals surface area contributed by atoms with Crippen LogP contribution in [0.15, 0.2) is 24.3 Å². The highest BCUT2D eigenvalue weighted by atomic mass is 35.5. The van der Waals surface area contributed by atoms with Crippen molar-refractivity contribution in [1.29, 1.82) is 0 Å². The molecule has 0 heterocycles. The third-order valence-electron chi connectivity index (χ3n) is 2.64. The lowest BCUT2D eigenvalue weighted by atomic mass is 10.2. The summed E-state index contributed by atoms with van der Waals surface area (Å²) in [6, 6.07) is 6.60. The Hall–Kier alpha value is -1.27. The van der Waals surface area contributed by atoms with E-state index in [0.717, 1.165) is 6.26 Å². The van der Waals surface area contributed by atoms with Crippen molar-refractivity contribution >= 4 is 33.2 Å². The Bertz CT molecular complexity index is 573. The molecule has 0 aromatic heterocycles. The second kappa shape index (κ2) is 6.95. The van der Waals surface area contributed by atoms with Gasteiger partial charge in [0.2, 0.25) is 15.9 Å². The number of carbonyl (C=O) groups excluding carboxylic acids is 1. The summed E-state index contributed by atoms with van der Waals surface area (Å²) in [4.78, 5) is 11.5. The zero-order valence-electron chi connectivity index (χ0n) is 11.8. The van der Waals surface area contributed by atoms with Gasteiger partial charge in [0, 0.05) is 17.5 Å². The standard InChI is InChI=1S/C13H19ClN2O3S/c1-10(2)13(17)15-7-8-16(20(3,18)19)12-6-4-5-11(14)9-12/h4-6,9-10H,7-8H2,1-3H3,(H,15,17). The number of nitrogens with one attached hydrogen (secondary N) is 1. The maximum atomic E-state index is 11.8. The number of sulfonamides is 1. The van der Waals surface area contributed by atoms with Crippen LogP contribution in [0.2, 0.25) is 5.02 Å². The fraction of sp³-hybridized carbons (Fsp3) is 0.462. The van der Waals surface area contributed by atoms with Crippen molar-refractivity contribution in [3.8, 4) is 0 Å². The maximum absolute atomic E-state index is 11.8. The molecule has 5 nitrogen and oxygen atoms in total. The summed E-state index contributed by atoms with van der Waals surface area (Å²) in [7, 11) is -3.43. The molecule has 1 N–H and O–H groups in total. The molecule has 7 heteroatoms. The quantitative estimate of drug-likeness (QED) is 0.871. The van der Waals surface area contributed by atoms with Crippen molar-refractivity contribution in [2.75, 3.05) is 23.7 Å². The fourth-order valence-corrected chi connectivity index (χ4v) is 2.71. The molecule has 0 aliphatic heterocycles. The van der Waals surface area contributed by atoms with E-state index in [9.17, 15) is 13.2 Å². The molecule has 1 amide bonds. The summed E-state index contributed by atoms with van der Waals surface area (Å²) < 4.78 is 24.9. The summed E-state index contributed by atoms with van der Waals surface area (Å²) in [5.41, 5.74) is 0.485. The average Bonchev–Trinajstić information content (AvgIpc) is 2.32. The van der Waals surface area contributed by atoms with Gasteiger partial charge < -0.3 is 5.32 Å². The summed E-state index contributed by atoms with van der Waals surface area (Å²) in [6.45, 7) is 3.97. The molecule has 0 aliphatic carbocycles. The summed E-state index contributed by atoms with van der Waals surface area (Å²) in [6.07, 6.45) is 1.12. The minimum absolute atomic E-state index is 0.107. The molecule has 0 fully saturated rings. The summed E-state index contributed by atoms with van der Waals surface area (Å²) in [5, 5.41) is 3.15. The highest BCUT2D eigenvalue weighted by Gasteiger charge is 2.17. The predicted octanol–water partition coefficient (Wildman–Crippen LogP) is 1.88. The fourth-order valence-electron chi connectivity index (χ4n) is 1.60. The smallest absolute Gasteiger partial charge is 0.232 e. The minimum atomic E-state index is -3.43. The lowest BCUT2D eigenvalue weighted by Gasteiger charge is -2.23. The van der Waals surface area contributed by atoms with E-state index in [-0.39, 0.29) is 24.9 Å². The Balaban J connectivity index is 2.80. The van der Waals surface area contributed by atoms with Gasteiger partial charge in [-0.05, 0) is 18.2 Å². The van der Waals surface area contributed by atoms with Gasteiger partial charge >= 0.3 is 0 Å². The third-order valence-corrected chi connectivity index (χ3v) is 4.06. The first kappa shape index (κ1) is 16.8. The van der Waals surface area contributed by atoms with E-state index in [1.807, 2.05) is 0 Å². The number of carbonyl (C=O) groups is 1. The molecule has 0 radical (unpaired) electrons. The molecule has 1 aromatic carbocycles. The van der Waals surface area contributed by atoms with Gasteiger partial charge in [-0.25, -0.2) is 8.42 Å². The van der Waals surface area contributed by atoms with Crippen LogP contribution in [0.3, 0.4) is 0 Å². The highest BCUT2D eigenvalue weighted by Crippen LogP contribution is 2.21. The Kier molecular flexibility index (Phi) is 5.83. The first-order chi connectivity index (χ1) is 9.21. The van der Waals surface area contributed by atoms with Crippen LogP contribution in [0.4, 0.5) is 5.69 Å². The molecule has 1 rings (SSSR count). The number of hydrogen-bond acceptors (Lipinski definition) is 3. The van der Waals surface area contributed by atoms with Crippen molar-refractivity contribution in [1.82, 2.24) is 5.32 Å². The Labute approximate surface area is 125 Å². The molecule has 1 aromatic rings. The van der Waals surface area contributed by atoms with Crippen molar-refractivity contribution in [2.24, 2.45) is 5.92 Å². The molecule has 112 valence electrons. The van der Waals surface area contributed by atoms with Crippen LogP contribution in [0.5, 0.6) is 0 Å². The number of halogens is 1. The van der Waals surface area contributed by atoms with E-state index >= 15 is 0 Å². The highest BCUT2D eigenvalue weighted by molar-refractivity contribution is 7.92. The lowest BCUT2D eigenvalue weighted by Crippen LogP contribution is -2.39. The van der Waals surface area contributed by atoms with Crippen LogP contribution in [-0.4, -0.2) is 33.7 Å². The van der Waals surface area contributed by atoms with E-state index in [2.05, 4.69) is 5.32 Å². The van der Waals surface area contributed by atoms with Gasteiger partial charge in [0.1, 0.15) is 0 Å². The monoisotopic (exact) mass is 318 g/mol. The van der Waals surface area contributed by atoms with Crippen molar-refractivity contribution in [2.45, 2.75) is 13.8 Å². The molecule has 0 spiro atoms. The zero-order valence-corrected chi connectivity index (χ0v) is 13.3. The Morgan fingerprint density at radius 2 is 2.05 bits per heavy atom. The maximum Gasteiger partial charge on any atom is 0.232 e. The molecule has 0 unspecified atom stereocenters. The number of rotatable bonds is 6. The summed E-state index contributed by atoms with van der Waals surface area (Å²) >= 11 is 5.87. The van der Waals surface area contributed by atoms with E-state index < -0.39 is 10.0 Å². The second-order valence-electron chi connectivity index (χ2n) is 4.76. The van der Waals surface area contributed by atoms with E-state index in [0.29, 0.717) is 10.7 Å². The number of hydrogen-bond donors (Lipinski definition) is 1. The SMILES string of the molecule is CC(C)C(=O)NCCN(c1cccc(Cl)c1)S(C)(=O)=O. The number of amides is 1. The molecule has 20 heavy (non-hydrogen) atoms. The normalized spacial score (nSPS) is 11.4. The van der Waals surface area contributed by atoms with Gasteiger partial charge in [-0.1, -0.05) is 31.5 Å². The van der Waals surface area contributed by atoms with Crippen molar-refractivity contribution in [3.63, 3.8) is 0 Å². The topological polar surface area (TPSA) is 66.5 Å². The van der Waals surface area contributed by atoms with Crippen LogP contribution < -0.4 is 9.62 Å². The van der Waals surface area contributed by atoms with Gasteiger partial charge in [0.15, 0.2) is 0 Å². The third kappa shape index (κ3) is 5.02. The van der Waals surface area contributed by atoms with Gasteiger partial charge in [0.25, 0.3) is 0 Å².